The Hall–Kier alpha value is -1.93. The molecule has 2 aromatic rings. The minimum absolute atomic E-state index is 0.196. The number of carbonyl (C=O) groups is 1. The van der Waals surface area contributed by atoms with Crippen molar-refractivity contribution in [2.24, 2.45) is 0 Å². The number of hydrogen-bond acceptors (Lipinski definition) is 5. The number of carbonyl (C=O) groups excluding carboxylic acids is 1. The molecule has 1 heterocycles. The molecule has 0 unspecified atom stereocenters. The number of unbranched alkanes of at least 4 members (excludes halogenated alkanes) is 2. The second-order valence-corrected chi connectivity index (χ2v) is 8.92. The number of nitrogens with zero attached hydrogens (tertiary/aromatic N) is 1. The first-order chi connectivity index (χ1) is 12.2. The molecule has 0 spiro atoms. The number of aryl methyl sites for hydroxylation is 3. The maximum atomic E-state index is 12.6. The number of anilines is 1. The van der Waals surface area contributed by atoms with Gasteiger partial charge in [-0.15, -0.1) is 0 Å². The molecule has 0 saturated carbocycles. The predicted molar refractivity (Wildman–Crippen MR) is 105 cm³/mol. The number of sulfonamides is 1. The first kappa shape index (κ1) is 20.4. The molecule has 0 bridgehead atoms. The summed E-state index contributed by atoms with van der Waals surface area (Å²) in [4.78, 5) is 17.1. The maximum Gasteiger partial charge on any atom is 0.263 e. The largest absolute Gasteiger partial charge is 0.351 e. The van der Waals surface area contributed by atoms with Crippen LogP contribution >= 0.6 is 11.3 Å². The zero-order chi connectivity index (χ0) is 19.3. The highest BCUT2D eigenvalue weighted by Gasteiger charge is 2.21. The molecule has 2 rings (SSSR count). The highest BCUT2D eigenvalue weighted by atomic mass is 32.2. The smallest absolute Gasteiger partial charge is 0.263 e. The van der Waals surface area contributed by atoms with Crippen LogP contribution in [0.2, 0.25) is 0 Å². The predicted octanol–water partition coefficient (Wildman–Crippen LogP) is 3.79. The van der Waals surface area contributed by atoms with E-state index in [-0.39, 0.29) is 15.9 Å². The number of benzene rings is 1. The molecule has 2 N–H and O–H groups in total. The lowest BCUT2D eigenvalue weighted by molar-refractivity contribution is 0.0956. The highest BCUT2D eigenvalue weighted by Crippen LogP contribution is 2.26. The Morgan fingerprint density at radius 1 is 1.19 bits per heavy atom. The van der Waals surface area contributed by atoms with Crippen LogP contribution in [0, 0.1) is 20.8 Å². The van der Waals surface area contributed by atoms with E-state index in [1.807, 2.05) is 13.0 Å². The van der Waals surface area contributed by atoms with Gasteiger partial charge in [0.1, 0.15) is 4.88 Å². The van der Waals surface area contributed by atoms with E-state index in [0.717, 1.165) is 36.2 Å². The molecule has 8 heteroatoms. The van der Waals surface area contributed by atoms with Crippen LogP contribution in [0.5, 0.6) is 0 Å². The van der Waals surface area contributed by atoms with Crippen molar-refractivity contribution < 1.29 is 13.2 Å². The first-order valence-electron chi connectivity index (χ1n) is 8.60. The fraction of sp³-hybridized carbons (Fsp3) is 0.444. The second-order valence-electron chi connectivity index (χ2n) is 6.27. The zero-order valence-corrected chi connectivity index (χ0v) is 17.2. The third-order valence-electron chi connectivity index (χ3n) is 3.91. The van der Waals surface area contributed by atoms with E-state index in [2.05, 4.69) is 21.9 Å². The lowest BCUT2D eigenvalue weighted by Gasteiger charge is -2.08. The molecule has 142 valence electrons. The van der Waals surface area contributed by atoms with Crippen molar-refractivity contribution in [2.45, 2.75) is 51.9 Å². The van der Waals surface area contributed by atoms with Crippen LogP contribution in [0.25, 0.3) is 0 Å². The van der Waals surface area contributed by atoms with Crippen LogP contribution in [0.4, 0.5) is 5.13 Å². The van der Waals surface area contributed by atoms with Gasteiger partial charge in [-0.1, -0.05) is 48.8 Å². The number of thiazole rings is 1. The van der Waals surface area contributed by atoms with Gasteiger partial charge in [0.25, 0.3) is 15.9 Å². The van der Waals surface area contributed by atoms with Gasteiger partial charge in [0, 0.05) is 6.54 Å². The normalized spacial score (nSPS) is 11.4. The topological polar surface area (TPSA) is 88.2 Å². The minimum atomic E-state index is -3.75. The number of rotatable bonds is 8. The molecule has 6 nitrogen and oxygen atoms in total. The second kappa shape index (κ2) is 8.64. The Morgan fingerprint density at radius 2 is 1.92 bits per heavy atom. The van der Waals surface area contributed by atoms with Gasteiger partial charge in [0.15, 0.2) is 5.13 Å². The molecule has 26 heavy (non-hydrogen) atoms. The van der Waals surface area contributed by atoms with Crippen molar-refractivity contribution >= 4 is 32.4 Å². The van der Waals surface area contributed by atoms with Gasteiger partial charge in [0.2, 0.25) is 0 Å². The Labute approximate surface area is 159 Å². The molecule has 0 atom stereocenters. The molecule has 1 amide bonds. The summed E-state index contributed by atoms with van der Waals surface area (Å²) in [5.41, 5.74) is 2.18. The van der Waals surface area contributed by atoms with Gasteiger partial charge in [-0.25, -0.2) is 13.4 Å². The molecule has 0 aliphatic carbocycles. The maximum absolute atomic E-state index is 12.6. The van der Waals surface area contributed by atoms with Crippen molar-refractivity contribution in [1.29, 1.82) is 0 Å². The number of aromatic nitrogens is 1. The van der Waals surface area contributed by atoms with Crippen LogP contribution in [0.3, 0.4) is 0 Å². The van der Waals surface area contributed by atoms with Crippen LogP contribution in [-0.2, 0) is 10.0 Å². The van der Waals surface area contributed by atoms with Gasteiger partial charge in [-0.05, 0) is 38.8 Å². The van der Waals surface area contributed by atoms with E-state index in [1.54, 1.807) is 26.0 Å². The average Bonchev–Trinajstić information content (AvgIpc) is 2.90. The summed E-state index contributed by atoms with van der Waals surface area (Å²) in [6.07, 6.45) is 3.06. The third-order valence-corrected chi connectivity index (χ3v) is 6.61. The summed E-state index contributed by atoms with van der Waals surface area (Å²) in [5.74, 6) is -0.215. The van der Waals surface area contributed by atoms with Crippen LogP contribution in [-0.4, -0.2) is 25.9 Å². The van der Waals surface area contributed by atoms with Gasteiger partial charge < -0.3 is 5.32 Å². The molecular weight excluding hydrogens is 370 g/mol. The summed E-state index contributed by atoms with van der Waals surface area (Å²) in [6.45, 7) is 8.07. The summed E-state index contributed by atoms with van der Waals surface area (Å²) in [7, 11) is -3.75. The number of amides is 1. The lowest BCUT2D eigenvalue weighted by atomic mass is 10.2. The van der Waals surface area contributed by atoms with Crippen molar-refractivity contribution in [1.82, 2.24) is 10.3 Å². The summed E-state index contributed by atoms with van der Waals surface area (Å²) < 4.78 is 27.7. The Bertz CT molecular complexity index is 889. The van der Waals surface area contributed by atoms with Crippen LogP contribution < -0.4 is 10.0 Å². The van der Waals surface area contributed by atoms with E-state index in [1.165, 1.54) is 0 Å². The lowest BCUT2D eigenvalue weighted by Crippen LogP contribution is -2.24. The molecule has 0 fully saturated rings. The van der Waals surface area contributed by atoms with E-state index in [9.17, 15) is 13.2 Å². The van der Waals surface area contributed by atoms with Gasteiger partial charge >= 0.3 is 0 Å². The van der Waals surface area contributed by atoms with Crippen molar-refractivity contribution in [3.63, 3.8) is 0 Å². The standard InChI is InChI=1S/C18H25N3O3S2/c1-5-6-7-10-19-17(22)16-14(4)20-18(25-16)21-26(23,24)15-9-8-12(2)11-13(15)3/h8-9,11H,5-7,10H2,1-4H3,(H,19,22)(H,20,21). The van der Waals surface area contributed by atoms with Gasteiger partial charge in [-0.3, -0.25) is 9.52 Å². The van der Waals surface area contributed by atoms with Gasteiger partial charge in [0.05, 0.1) is 10.6 Å². The number of nitrogens with one attached hydrogen (secondary N) is 2. The molecule has 0 aliphatic heterocycles. The molecule has 0 radical (unpaired) electrons. The Kier molecular flexibility index (Phi) is 6.77. The van der Waals surface area contributed by atoms with Crippen LogP contribution in [0.15, 0.2) is 23.1 Å². The molecule has 1 aromatic carbocycles. The molecule has 0 saturated heterocycles. The molecular formula is C18H25N3O3S2. The summed E-state index contributed by atoms with van der Waals surface area (Å²) in [5, 5.41) is 3.05. The fourth-order valence-electron chi connectivity index (χ4n) is 2.58. The van der Waals surface area contributed by atoms with Crippen molar-refractivity contribution in [3.05, 3.63) is 39.9 Å². The fourth-order valence-corrected chi connectivity index (χ4v) is 4.92. The molecule has 1 aromatic heterocycles. The van der Waals surface area contributed by atoms with E-state index in [4.69, 9.17) is 0 Å². The van der Waals surface area contributed by atoms with Crippen LogP contribution in [0.1, 0.15) is 52.7 Å². The highest BCUT2D eigenvalue weighted by molar-refractivity contribution is 7.93. The average molecular weight is 396 g/mol. The quantitative estimate of drug-likeness (QED) is 0.666. The summed E-state index contributed by atoms with van der Waals surface area (Å²) >= 11 is 1.05. The van der Waals surface area contributed by atoms with Crippen molar-refractivity contribution in [2.75, 3.05) is 11.3 Å². The zero-order valence-electron chi connectivity index (χ0n) is 15.5. The molecule has 0 aliphatic rings. The van der Waals surface area contributed by atoms with E-state index >= 15 is 0 Å². The van der Waals surface area contributed by atoms with Gasteiger partial charge in [-0.2, -0.15) is 0 Å². The third kappa shape index (κ3) is 5.04. The SMILES string of the molecule is CCCCCNC(=O)c1sc(NS(=O)(=O)c2ccc(C)cc2C)nc1C. The summed E-state index contributed by atoms with van der Waals surface area (Å²) in [6, 6.07) is 5.15. The number of hydrogen-bond donors (Lipinski definition) is 2. The van der Waals surface area contributed by atoms with E-state index < -0.39 is 10.0 Å². The first-order valence-corrected chi connectivity index (χ1v) is 10.9. The minimum Gasteiger partial charge on any atom is -0.351 e. The Balaban J connectivity index is 2.14. The van der Waals surface area contributed by atoms with E-state index in [0.29, 0.717) is 22.7 Å². The Morgan fingerprint density at radius 3 is 2.58 bits per heavy atom. The van der Waals surface area contributed by atoms with Crippen molar-refractivity contribution in [3.8, 4) is 0 Å². The monoisotopic (exact) mass is 395 g/mol.